The summed E-state index contributed by atoms with van der Waals surface area (Å²) in [6, 6.07) is 3.71. The molecule has 2 bridgehead atoms. The normalized spacial score (nSPS) is 27.0. The van der Waals surface area contributed by atoms with E-state index in [1.54, 1.807) is 0 Å². The first kappa shape index (κ1) is 18.8. The van der Waals surface area contributed by atoms with Crippen molar-refractivity contribution in [2.24, 2.45) is 28.8 Å². The number of benzene rings is 1. The third-order valence-corrected chi connectivity index (χ3v) is 5.54. The van der Waals surface area contributed by atoms with E-state index in [-0.39, 0.29) is 40.7 Å². The van der Waals surface area contributed by atoms with Crippen LogP contribution in [0.25, 0.3) is 0 Å². The zero-order valence-corrected chi connectivity index (χ0v) is 15.4. The van der Waals surface area contributed by atoms with Crippen molar-refractivity contribution in [3.8, 4) is 5.75 Å². The summed E-state index contributed by atoms with van der Waals surface area (Å²) in [5, 5.41) is 15.9. The Hall–Kier alpha value is -3.56. The lowest BCUT2D eigenvalue weighted by Gasteiger charge is -2.13. The molecule has 29 heavy (non-hydrogen) atoms. The number of nitrogens with zero attached hydrogens (tertiary/aromatic N) is 3. The van der Waals surface area contributed by atoms with Gasteiger partial charge in [0.1, 0.15) is 5.75 Å². The lowest BCUT2D eigenvalue weighted by atomic mass is 9.85. The number of ether oxygens (including phenoxy) is 2. The average molecular weight is 399 g/mol. The van der Waals surface area contributed by atoms with Crippen molar-refractivity contribution in [2.75, 3.05) is 13.7 Å². The molecular weight excluding hydrogens is 382 g/mol. The summed E-state index contributed by atoms with van der Waals surface area (Å²) < 4.78 is 9.83. The molecule has 10 nitrogen and oxygen atoms in total. The maximum absolute atomic E-state index is 12.7. The van der Waals surface area contributed by atoms with E-state index >= 15 is 0 Å². The van der Waals surface area contributed by atoms with Crippen LogP contribution in [0.1, 0.15) is 12.0 Å². The fourth-order valence-electron chi connectivity index (χ4n) is 4.20. The molecule has 1 aliphatic heterocycles. The van der Waals surface area contributed by atoms with Gasteiger partial charge in [0.25, 0.3) is 17.5 Å². The highest BCUT2D eigenvalue weighted by Crippen LogP contribution is 2.52. The first-order valence-corrected chi connectivity index (χ1v) is 8.99. The lowest BCUT2D eigenvalue weighted by molar-refractivity contribution is -0.384. The minimum Gasteiger partial charge on any atom is -0.481 e. The molecule has 10 heteroatoms. The van der Waals surface area contributed by atoms with Crippen molar-refractivity contribution in [3.63, 3.8) is 0 Å². The Morgan fingerprint density at radius 3 is 2.52 bits per heavy atom. The summed E-state index contributed by atoms with van der Waals surface area (Å²) in [5.74, 6) is -1.91. The van der Waals surface area contributed by atoms with E-state index < -0.39 is 29.3 Å². The molecule has 3 aliphatic rings. The number of nitro benzene ring substituents is 1. The molecule has 4 atom stereocenters. The van der Waals surface area contributed by atoms with Gasteiger partial charge in [0, 0.05) is 17.7 Å². The number of imide groups is 1. The maximum Gasteiger partial charge on any atom is 0.343 e. The summed E-state index contributed by atoms with van der Waals surface area (Å²) in [4.78, 5) is 47.1. The highest BCUT2D eigenvalue weighted by molar-refractivity contribution is 6.07. The standard InChI is InChI=1S/C19H17N3O7/c1-28-15(23)9-29-14-5-4-13(22(26)27)7-12(14)8-20-21-18(24)16-10-2-3-11(6-10)17(16)19(21)25/h2-5,7-8,10-11,16-17H,6,9H2,1H3. The van der Waals surface area contributed by atoms with Crippen LogP contribution in [0.3, 0.4) is 0 Å². The smallest absolute Gasteiger partial charge is 0.343 e. The van der Waals surface area contributed by atoms with Gasteiger partial charge in [-0.3, -0.25) is 19.7 Å². The van der Waals surface area contributed by atoms with Gasteiger partial charge in [-0.25, -0.2) is 4.79 Å². The van der Waals surface area contributed by atoms with E-state index in [2.05, 4.69) is 9.84 Å². The predicted molar refractivity (Wildman–Crippen MR) is 97.8 cm³/mol. The summed E-state index contributed by atoms with van der Waals surface area (Å²) >= 11 is 0. The highest BCUT2D eigenvalue weighted by Gasteiger charge is 2.59. The second-order valence-corrected chi connectivity index (χ2v) is 7.08. The Labute approximate surface area is 164 Å². The summed E-state index contributed by atoms with van der Waals surface area (Å²) in [6.07, 6.45) is 5.92. The summed E-state index contributed by atoms with van der Waals surface area (Å²) in [7, 11) is 1.20. The summed E-state index contributed by atoms with van der Waals surface area (Å²) in [6.45, 7) is -0.407. The molecule has 1 aromatic rings. The Kier molecular flexibility index (Phi) is 4.61. The van der Waals surface area contributed by atoms with E-state index in [4.69, 9.17) is 4.74 Å². The van der Waals surface area contributed by atoms with Crippen molar-refractivity contribution < 1.29 is 28.8 Å². The number of carbonyl (C=O) groups excluding carboxylic acids is 3. The van der Waals surface area contributed by atoms with Gasteiger partial charge in [-0.05, 0) is 24.3 Å². The monoisotopic (exact) mass is 399 g/mol. The number of amides is 2. The number of methoxy groups -OCH3 is 1. The number of hydrazone groups is 1. The molecule has 4 unspecified atom stereocenters. The number of carbonyl (C=O) groups is 3. The van der Waals surface area contributed by atoms with E-state index in [9.17, 15) is 24.5 Å². The van der Waals surface area contributed by atoms with Crippen LogP contribution in [0.5, 0.6) is 5.75 Å². The molecule has 1 saturated heterocycles. The van der Waals surface area contributed by atoms with Crippen LogP contribution in [0.4, 0.5) is 5.69 Å². The number of non-ortho nitro benzene ring substituents is 1. The Morgan fingerprint density at radius 1 is 1.28 bits per heavy atom. The number of rotatable bonds is 6. The highest BCUT2D eigenvalue weighted by atomic mass is 16.6. The number of fused-ring (bicyclic) bond motifs is 5. The fourth-order valence-corrected chi connectivity index (χ4v) is 4.20. The van der Waals surface area contributed by atoms with E-state index in [0.29, 0.717) is 0 Å². The SMILES string of the molecule is COC(=O)COc1ccc([N+](=O)[O-])cc1C=NN1C(=O)C2C3C=CC(C3)C2C1=O. The van der Waals surface area contributed by atoms with Gasteiger partial charge in [0.2, 0.25) is 0 Å². The molecule has 0 spiro atoms. The summed E-state index contributed by atoms with van der Waals surface area (Å²) in [5.41, 5.74) is -0.0723. The van der Waals surface area contributed by atoms with Crippen LogP contribution in [-0.2, 0) is 19.1 Å². The van der Waals surface area contributed by atoms with Crippen LogP contribution in [0, 0.1) is 33.8 Å². The van der Waals surface area contributed by atoms with Crippen molar-refractivity contribution >= 4 is 29.7 Å². The molecule has 2 aliphatic carbocycles. The third kappa shape index (κ3) is 3.16. The molecule has 150 valence electrons. The quantitative estimate of drug-likeness (QED) is 0.176. The first-order chi connectivity index (χ1) is 13.9. The van der Waals surface area contributed by atoms with Crippen LogP contribution in [0.15, 0.2) is 35.5 Å². The van der Waals surface area contributed by atoms with Gasteiger partial charge in [-0.1, -0.05) is 12.2 Å². The average Bonchev–Trinajstić information content (AvgIpc) is 3.39. The van der Waals surface area contributed by atoms with Crippen LogP contribution in [0.2, 0.25) is 0 Å². The zero-order valence-electron chi connectivity index (χ0n) is 15.4. The van der Waals surface area contributed by atoms with Crippen molar-refractivity contribution in [1.82, 2.24) is 5.01 Å². The van der Waals surface area contributed by atoms with Gasteiger partial charge < -0.3 is 9.47 Å². The number of nitro groups is 1. The van der Waals surface area contributed by atoms with Crippen LogP contribution in [-0.4, -0.2) is 47.6 Å². The van der Waals surface area contributed by atoms with Crippen molar-refractivity contribution in [2.45, 2.75) is 6.42 Å². The molecule has 0 aromatic heterocycles. The van der Waals surface area contributed by atoms with Crippen LogP contribution < -0.4 is 4.74 Å². The largest absolute Gasteiger partial charge is 0.481 e. The maximum atomic E-state index is 12.7. The first-order valence-electron chi connectivity index (χ1n) is 8.99. The second kappa shape index (κ2) is 7.12. The molecule has 1 heterocycles. The third-order valence-electron chi connectivity index (χ3n) is 5.54. The molecular formula is C19H17N3O7. The number of esters is 1. The Balaban J connectivity index is 1.59. The van der Waals surface area contributed by atoms with Crippen molar-refractivity contribution in [1.29, 1.82) is 0 Å². The number of hydrogen-bond acceptors (Lipinski definition) is 8. The predicted octanol–water partition coefficient (Wildman–Crippen LogP) is 1.29. The number of hydrogen-bond donors (Lipinski definition) is 0. The topological polar surface area (TPSA) is 128 Å². The molecule has 1 aromatic carbocycles. The molecule has 2 fully saturated rings. The number of allylic oxidation sites excluding steroid dienone is 2. The zero-order chi connectivity index (χ0) is 20.7. The van der Waals surface area contributed by atoms with Gasteiger partial charge in [-0.2, -0.15) is 10.1 Å². The molecule has 2 amide bonds. The van der Waals surface area contributed by atoms with Crippen LogP contribution >= 0.6 is 0 Å². The van der Waals surface area contributed by atoms with E-state index in [0.717, 1.165) is 17.6 Å². The van der Waals surface area contributed by atoms with Gasteiger partial charge in [0.15, 0.2) is 6.61 Å². The molecule has 1 saturated carbocycles. The second-order valence-electron chi connectivity index (χ2n) is 7.08. The van der Waals surface area contributed by atoms with E-state index in [1.165, 1.54) is 25.3 Å². The van der Waals surface area contributed by atoms with E-state index in [1.807, 2.05) is 12.2 Å². The van der Waals surface area contributed by atoms with Gasteiger partial charge >= 0.3 is 5.97 Å². The van der Waals surface area contributed by atoms with Crippen molar-refractivity contribution in [3.05, 3.63) is 46.0 Å². The molecule has 0 N–H and O–H groups in total. The molecule has 4 rings (SSSR count). The fraction of sp³-hybridized carbons (Fsp3) is 0.368. The Bertz CT molecular complexity index is 941. The molecule has 0 radical (unpaired) electrons. The Morgan fingerprint density at radius 2 is 1.93 bits per heavy atom. The van der Waals surface area contributed by atoms with Gasteiger partial charge in [0.05, 0.1) is 30.1 Å². The minimum absolute atomic E-state index is 0.0541. The van der Waals surface area contributed by atoms with Gasteiger partial charge in [-0.15, -0.1) is 0 Å². The lowest BCUT2D eigenvalue weighted by Crippen LogP contribution is -2.28. The minimum atomic E-state index is -0.632.